The number of benzene rings is 3. The summed E-state index contributed by atoms with van der Waals surface area (Å²) in [7, 11) is -7.45. The van der Waals surface area contributed by atoms with Crippen molar-refractivity contribution in [3.8, 4) is 0 Å². The molecule has 2 N–H and O–H groups in total. The summed E-state index contributed by atoms with van der Waals surface area (Å²) in [4.78, 5) is 0.0291. The molecule has 0 atom stereocenters. The molecule has 0 saturated heterocycles. The van der Waals surface area contributed by atoms with E-state index < -0.39 is 20.0 Å². The minimum Gasteiger partial charge on any atom is -0.283 e. The van der Waals surface area contributed by atoms with E-state index in [2.05, 4.69) is 9.44 Å². The summed E-state index contributed by atoms with van der Waals surface area (Å²) in [5, 5.41) is 0.523. The largest absolute Gasteiger partial charge is 0.283 e. The molecule has 0 unspecified atom stereocenters. The molecular formula is C20H19ClN2O4S2. The zero-order chi connectivity index (χ0) is 21.1. The standard InChI is InChI=1S/C20H19ClN2O4S2/c1-15-4-2-3-5-20(15)23-29(26,27)19-12-10-18(11-13-19)22-28(24,25)14-16-6-8-17(21)9-7-16/h2-13,22-23H,14H2,1H3. The van der Waals surface area contributed by atoms with Crippen LogP contribution in [-0.2, 0) is 25.8 Å². The van der Waals surface area contributed by atoms with Crippen LogP contribution >= 0.6 is 11.6 Å². The van der Waals surface area contributed by atoms with Crippen molar-refractivity contribution in [2.75, 3.05) is 9.44 Å². The third kappa shape index (κ3) is 5.72. The van der Waals surface area contributed by atoms with E-state index in [4.69, 9.17) is 11.6 Å². The van der Waals surface area contributed by atoms with E-state index >= 15 is 0 Å². The second kappa shape index (κ2) is 8.44. The molecule has 0 aliphatic heterocycles. The summed E-state index contributed by atoms with van der Waals surface area (Å²) < 4.78 is 54.8. The van der Waals surface area contributed by atoms with Crippen molar-refractivity contribution < 1.29 is 16.8 Å². The van der Waals surface area contributed by atoms with Crippen molar-refractivity contribution >= 4 is 43.0 Å². The Balaban J connectivity index is 1.72. The van der Waals surface area contributed by atoms with Crippen molar-refractivity contribution in [3.05, 3.63) is 88.9 Å². The Bertz CT molecular complexity index is 1210. The summed E-state index contributed by atoms with van der Waals surface area (Å²) >= 11 is 5.80. The maximum atomic E-state index is 12.6. The van der Waals surface area contributed by atoms with Crippen LogP contribution in [0.3, 0.4) is 0 Å². The van der Waals surface area contributed by atoms with Crippen molar-refractivity contribution in [1.29, 1.82) is 0 Å². The number of aryl methyl sites for hydroxylation is 1. The SMILES string of the molecule is Cc1ccccc1NS(=O)(=O)c1ccc(NS(=O)(=O)Cc2ccc(Cl)cc2)cc1. The molecule has 3 aromatic carbocycles. The first-order valence-corrected chi connectivity index (χ1v) is 12.1. The first kappa shape index (κ1) is 21.2. The average molecular weight is 451 g/mol. The molecule has 0 aromatic heterocycles. The molecule has 0 radical (unpaired) electrons. The topological polar surface area (TPSA) is 92.3 Å². The fourth-order valence-electron chi connectivity index (χ4n) is 2.61. The molecule has 0 aliphatic carbocycles. The average Bonchev–Trinajstić information content (AvgIpc) is 2.65. The van der Waals surface area contributed by atoms with Gasteiger partial charge in [-0.25, -0.2) is 16.8 Å². The summed E-state index contributed by atoms with van der Waals surface area (Å²) in [6.07, 6.45) is 0. The molecule has 0 fully saturated rings. The van der Waals surface area contributed by atoms with Gasteiger partial charge in [-0.3, -0.25) is 9.44 Å². The quantitative estimate of drug-likeness (QED) is 0.558. The summed E-state index contributed by atoms with van der Waals surface area (Å²) in [5.74, 6) is -0.223. The zero-order valence-electron chi connectivity index (χ0n) is 15.5. The molecule has 3 rings (SSSR count). The Labute approximate surface area is 175 Å². The van der Waals surface area contributed by atoms with E-state index in [0.717, 1.165) is 5.56 Å². The first-order valence-electron chi connectivity index (χ1n) is 8.58. The van der Waals surface area contributed by atoms with Gasteiger partial charge in [0, 0.05) is 10.7 Å². The lowest BCUT2D eigenvalue weighted by Gasteiger charge is -2.12. The molecule has 0 spiro atoms. The van der Waals surface area contributed by atoms with Crippen molar-refractivity contribution in [3.63, 3.8) is 0 Å². The van der Waals surface area contributed by atoms with Gasteiger partial charge in [-0.2, -0.15) is 0 Å². The van der Waals surface area contributed by atoms with Crippen molar-refractivity contribution in [2.45, 2.75) is 17.6 Å². The lowest BCUT2D eigenvalue weighted by Crippen LogP contribution is -2.16. The van der Waals surface area contributed by atoms with Crippen LogP contribution in [-0.4, -0.2) is 16.8 Å². The summed E-state index contributed by atoms with van der Waals surface area (Å²) in [6, 6.07) is 19.0. The molecule has 0 amide bonds. The number of nitrogens with one attached hydrogen (secondary N) is 2. The number of anilines is 2. The monoisotopic (exact) mass is 450 g/mol. The number of sulfonamides is 2. The van der Waals surface area contributed by atoms with Gasteiger partial charge in [0.25, 0.3) is 10.0 Å². The van der Waals surface area contributed by atoms with E-state index in [-0.39, 0.29) is 16.3 Å². The third-order valence-corrected chi connectivity index (χ3v) is 6.99. The molecule has 0 saturated carbocycles. The van der Waals surface area contributed by atoms with E-state index in [9.17, 15) is 16.8 Å². The highest BCUT2D eigenvalue weighted by Crippen LogP contribution is 2.21. The molecule has 29 heavy (non-hydrogen) atoms. The van der Waals surface area contributed by atoms with Crippen LogP contribution in [0.5, 0.6) is 0 Å². The minimum absolute atomic E-state index is 0.0291. The number of para-hydroxylation sites is 1. The van der Waals surface area contributed by atoms with E-state index in [0.29, 0.717) is 16.3 Å². The Morgan fingerprint density at radius 1 is 0.793 bits per heavy atom. The van der Waals surface area contributed by atoms with Crippen LogP contribution < -0.4 is 9.44 Å². The molecule has 0 aliphatic rings. The van der Waals surface area contributed by atoms with Gasteiger partial charge in [-0.05, 0) is 60.5 Å². The number of rotatable bonds is 7. The van der Waals surface area contributed by atoms with E-state index in [1.807, 2.05) is 6.07 Å². The normalized spacial score (nSPS) is 11.8. The van der Waals surface area contributed by atoms with Gasteiger partial charge in [0.1, 0.15) is 0 Å². The van der Waals surface area contributed by atoms with Crippen LogP contribution in [0.2, 0.25) is 5.02 Å². The van der Waals surface area contributed by atoms with Gasteiger partial charge >= 0.3 is 0 Å². The van der Waals surface area contributed by atoms with Crippen LogP contribution in [0.4, 0.5) is 11.4 Å². The van der Waals surface area contributed by atoms with Crippen molar-refractivity contribution in [1.82, 2.24) is 0 Å². The smallest absolute Gasteiger partial charge is 0.261 e. The van der Waals surface area contributed by atoms with E-state index in [1.54, 1.807) is 49.4 Å². The van der Waals surface area contributed by atoms with Crippen LogP contribution in [0.15, 0.2) is 77.7 Å². The third-order valence-electron chi connectivity index (χ3n) is 4.10. The van der Waals surface area contributed by atoms with Gasteiger partial charge in [-0.1, -0.05) is 41.9 Å². The fourth-order valence-corrected chi connectivity index (χ4v) is 5.06. The highest BCUT2D eigenvalue weighted by molar-refractivity contribution is 7.92. The second-order valence-corrected chi connectivity index (χ2v) is 10.3. The fraction of sp³-hybridized carbons (Fsp3) is 0.100. The van der Waals surface area contributed by atoms with Gasteiger partial charge < -0.3 is 0 Å². The predicted octanol–water partition coefficient (Wildman–Crippen LogP) is 4.39. The predicted molar refractivity (Wildman–Crippen MR) is 116 cm³/mol. The van der Waals surface area contributed by atoms with Crippen LogP contribution in [0, 0.1) is 6.92 Å². The lowest BCUT2D eigenvalue weighted by molar-refractivity contribution is 0.599. The Kier molecular flexibility index (Phi) is 6.16. The first-order chi connectivity index (χ1) is 13.6. The highest BCUT2D eigenvalue weighted by atomic mass is 35.5. The molecule has 9 heteroatoms. The second-order valence-electron chi connectivity index (χ2n) is 6.43. The van der Waals surface area contributed by atoms with Gasteiger partial charge in [0.15, 0.2) is 0 Å². The van der Waals surface area contributed by atoms with Crippen molar-refractivity contribution in [2.24, 2.45) is 0 Å². The van der Waals surface area contributed by atoms with Crippen LogP contribution in [0.1, 0.15) is 11.1 Å². The maximum absolute atomic E-state index is 12.6. The van der Waals surface area contributed by atoms with Gasteiger partial charge in [-0.15, -0.1) is 0 Å². The number of halogens is 1. The van der Waals surface area contributed by atoms with Gasteiger partial charge in [0.2, 0.25) is 10.0 Å². The Morgan fingerprint density at radius 2 is 1.41 bits per heavy atom. The summed E-state index contributed by atoms with van der Waals surface area (Å²) in [5.41, 5.74) is 2.14. The lowest BCUT2D eigenvalue weighted by atomic mass is 10.2. The Morgan fingerprint density at radius 3 is 2.03 bits per heavy atom. The summed E-state index contributed by atoms with van der Waals surface area (Å²) in [6.45, 7) is 1.80. The number of hydrogen-bond donors (Lipinski definition) is 2. The molecule has 0 heterocycles. The molecule has 0 bridgehead atoms. The zero-order valence-corrected chi connectivity index (χ0v) is 17.9. The molecule has 3 aromatic rings. The Hall–Kier alpha value is -2.55. The van der Waals surface area contributed by atoms with Gasteiger partial charge in [0.05, 0.1) is 16.3 Å². The number of hydrogen-bond acceptors (Lipinski definition) is 4. The molecular weight excluding hydrogens is 432 g/mol. The minimum atomic E-state index is -3.79. The maximum Gasteiger partial charge on any atom is 0.261 e. The molecule has 6 nitrogen and oxygen atoms in total. The van der Waals surface area contributed by atoms with Crippen LogP contribution in [0.25, 0.3) is 0 Å². The van der Waals surface area contributed by atoms with E-state index in [1.165, 1.54) is 24.3 Å². The molecule has 152 valence electrons. The highest BCUT2D eigenvalue weighted by Gasteiger charge is 2.16.